The highest BCUT2D eigenvalue weighted by Crippen LogP contribution is 2.53. The van der Waals surface area contributed by atoms with Crippen LogP contribution in [0.1, 0.15) is 38.6 Å². The lowest BCUT2D eigenvalue weighted by atomic mass is 9.89. The molecule has 2 aromatic rings. The van der Waals surface area contributed by atoms with Crippen LogP contribution in [0.3, 0.4) is 0 Å². The molecule has 2 aromatic heterocycles. The number of anilines is 2. The van der Waals surface area contributed by atoms with Crippen molar-refractivity contribution in [2.24, 2.45) is 23.7 Å². The maximum absolute atomic E-state index is 13.3. The van der Waals surface area contributed by atoms with Gasteiger partial charge in [-0.1, -0.05) is 18.5 Å². The Bertz CT molecular complexity index is 1300. The lowest BCUT2D eigenvalue weighted by Crippen LogP contribution is -2.46. The number of ether oxygens (including phenoxy) is 4. The number of pyridine rings is 1. The van der Waals surface area contributed by atoms with Crippen LogP contribution in [0.5, 0.6) is 5.88 Å². The van der Waals surface area contributed by atoms with Crippen LogP contribution in [0.2, 0.25) is 5.02 Å². The van der Waals surface area contributed by atoms with E-state index in [4.69, 9.17) is 25.8 Å². The van der Waals surface area contributed by atoms with Crippen molar-refractivity contribution in [1.29, 1.82) is 0 Å². The van der Waals surface area contributed by atoms with Crippen LogP contribution in [0, 0.1) is 23.7 Å². The summed E-state index contributed by atoms with van der Waals surface area (Å²) in [6.07, 6.45) is 0.848. The first-order valence-corrected chi connectivity index (χ1v) is 15.3. The molecule has 6 rings (SSSR count). The second-order valence-electron chi connectivity index (χ2n) is 12.0. The van der Waals surface area contributed by atoms with E-state index in [1.807, 2.05) is 0 Å². The molecule has 10 nitrogen and oxygen atoms in total. The van der Waals surface area contributed by atoms with Gasteiger partial charge in [0.05, 0.1) is 62.3 Å². The molecule has 0 radical (unpaired) electrons. The molecule has 0 aromatic carbocycles. The molecule has 4 fully saturated rings. The zero-order valence-electron chi connectivity index (χ0n) is 24.0. The Balaban J connectivity index is 1.10. The number of aromatic nitrogens is 3. The van der Waals surface area contributed by atoms with E-state index < -0.39 is 12.2 Å². The highest BCUT2D eigenvalue weighted by atomic mass is 35.5. The van der Waals surface area contributed by atoms with Gasteiger partial charge in [-0.05, 0) is 49.5 Å². The van der Waals surface area contributed by atoms with Crippen molar-refractivity contribution in [2.75, 3.05) is 56.3 Å². The SMILES string of the molecule is C[C@H]1[C@H]2COC[C@@H](CNc3cnn(C4CCC(N(C[C@H]5COCCO5)c5ccc(OC(F)(F)F)nc5)CC4)c(=O)c3Cl)[C@@H]12. The first-order valence-electron chi connectivity index (χ1n) is 14.9. The van der Waals surface area contributed by atoms with Gasteiger partial charge in [-0.3, -0.25) is 4.79 Å². The van der Waals surface area contributed by atoms with Gasteiger partial charge in [0.2, 0.25) is 5.88 Å². The van der Waals surface area contributed by atoms with Crippen molar-refractivity contribution in [3.8, 4) is 5.88 Å². The van der Waals surface area contributed by atoms with E-state index in [-0.39, 0.29) is 28.8 Å². The van der Waals surface area contributed by atoms with Crippen LogP contribution in [0.4, 0.5) is 24.5 Å². The average molecular weight is 628 g/mol. The molecule has 2 aliphatic heterocycles. The number of fused-ring (bicyclic) bond motifs is 1. The van der Waals surface area contributed by atoms with Crippen molar-refractivity contribution in [2.45, 2.75) is 57.2 Å². The third-order valence-electron chi connectivity index (χ3n) is 9.33. The lowest BCUT2D eigenvalue weighted by Gasteiger charge is -2.40. The number of alkyl halides is 3. The zero-order valence-corrected chi connectivity index (χ0v) is 24.7. The zero-order chi connectivity index (χ0) is 30.1. The molecule has 4 heterocycles. The van der Waals surface area contributed by atoms with Gasteiger partial charge in [0.1, 0.15) is 5.02 Å². The minimum atomic E-state index is -4.81. The Kier molecular flexibility index (Phi) is 9.04. The van der Waals surface area contributed by atoms with Gasteiger partial charge in [-0.15, -0.1) is 13.2 Å². The molecule has 14 heteroatoms. The molecule has 43 heavy (non-hydrogen) atoms. The van der Waals surface area contributed by atoms with Crippen LogP contribution >= 0.6 is 11.6 Å². The fraction of sp³-hybridized carbons (Fsp3) is 0.690. The van der Waals surface area contributed by atoms with Gasteiger partial charge in [0.25, 0.3) is 5.56 Å². The monoisotopic (exact) mass is 627 g/mol. The van der Waals surface area contributed by atoms with Crippen LogP contribution in [-0.2, 0) is 14.2 Å². The Hall–Kier alpha value is -2.61. The summed E-state index contributed by atoms with van der Waals surface area (Å²) in [7, 11) is 0. The van der Waals surface area contributed by atoms with Gasteiger partial charge in [0.15, 0.2) is 0 Å². The molecular formula is C29H37ClF3N5O5. The maximum Gasteiger partial charge on any atom is 0.574 e. The first-order chi connectivity index (χ1) is 20.7. The molecule has 2 saturated carbocycles. The second-order valence-corrected chi connectivity index (χ2v) is 12.4. The number of nitrogens with one attached hydrogen (secondary N) is 1. The summed E-state index contributed by atoms with van der Waals surface area (Å²) in [5.41, 5.74) is 0.885. The van der Waals surface area contributed by atoms with E-state index >= 15 is 0 Å². The molecule has 5 atom stereocenters. The molecule has 2 saturated heterocycles. The van der Waals surface area contributed by atoms with Crippen molar-refractivity contribution in [3.63, 3.8) is 0 Å². The van der Waals surface area contributed by atoms with Crippen molar-refractivity contribution in [3.05, 3.63) is 39.9 Å². The fourth-order valence-electron chi connectivity index (χ4n) is 7.01. The highest BCUT2D eigenvalue weighted by Gasteiger charge is 2.53. The van der Waals surface area contributed by atoms with E-state index in [9.17, 15) is 18.0 Å². The number of hydrogen-bond acceptors (Lipinski definition) is 9. The molecule has 4 aliphatic rings. The number of hydrogen-bond donors (Lipinski definition) is 1. The summed E-state index contributed by atoms with van der Waals surface area (Å²) in [5, 5.41) is 7.96. The minimum Gasteiger partial charge on any atom is -0.388 e. The molecule has 2 aliphatic carbocycles. The standard InChI is InChI=1S/C29H37ClF3N5O5/c1-17-23-16-41-14-18(26(17)23)10-34-24-12-36-38(28(39)27(24)30)20-4-2-19(3-5-20)37(13-22-15-40-8-9-42-22)21-6-7-25(35-11-21)43-29(31,32)33/h6-7,11-12,17-20,22-23,26,34H,2-5,8-10,13-16H2,1H3/t17-,18+,19?,20?,22-,23+,26+/m0/s1. The number of halogens is 4. The summed E-state index contributed by atoms with van der Waals surface area (Å²) in [5.74, 6) is 1.83. The van der Waals surface area contributed by atoms with Gasteiger partial charge in [0, 0.05) is 37.7 Å². The van der Waals surface area contributed by atoms with Crippen molar-refractivity contribution < 1.29 is 32.1 Å². The first kappa shape index (κ1) is 30.4. The Labute approximate surface area is 252 Å². The summed E-state index contributed by atoms with van der Waals surface area (Å²) in [6, 6.07) is 2.72. The molecular weight excluding hydrogens is 591 g/mol. The molecule has 236 valence electrons. The highest BCUT2D eigenvalue weighted by molar-refractivity contribution is 6.32. The summed E-state index contributed by atoms with van der Waals surface area (Å²) in [4.78, 5) is 19.2. The van der Waals surface area contributed by atoms with Gasteiger partial charge >= 0.3 is 6.36 Å². The molecule has 0 bridgehead atoms. The third kappa shape index (κ3) is 7.05. The predicted octanol–water partition coefficient (Wildman–Crippen LogP) is 4.54. The topological polar surface area (TPSA) is 100.0 Å². The van der Waals surface area contributed by atoms with Gasteiger partial charge in [-0.2, -0.15) is 5.10 Å². The minimum absolute atomic E-state index is 0.0522. The lowest BCUT2D eigenvalue weighted by molar-refractivity contribution is -0.276. The van der Waals surface area contributed by atoms with Crippen molar-refractivity contribution >= 4 is 23.0 Å². The largest absolute Gasteiger partial charge is 0.574 e. The second kappa shape index (κ2) is 12.8. The van der Waals surface area contributed by atoms with E-state index in [2.05, 4.69) is 32.0 Å². The van der Waals surface area contributed by atoms with Gasteiger partial charge in [-0.25, -0.2) is 9.67 Å². The Morgan fingerprint density at radius 2 is 1.93 bits per heavy atom. The van der Waals surface area contributed by atoms with E-state index in [1.54, 1.807) is 12.3 Å². The molecule has 0 spiro atoms. The predicted molar refractivity (Wildman–Crippen MR) is 153 cm³/mol. The number of nitrogens with zero attached hydrogens (tertiary/aromatic N) is 4. The van der Waals surface area contributed by atoms with Crippen LogP contribution < -0.4 is 20.5 Å². The summed E-state index contributed by atoms with van der Waals surface area (Å²) in [6.45, 7) is 6.43. The molecule has 0 unspecified atom stereocenters. The quantitative estimate of drug-likeness (QED) is 0.430. The molecule has 1 N–H and O–H groups in total. The Morgan fingerprint density at radius 3 is 2.63 bits per heavy atom. The normalized spacial score (nSPS) is 30.8. The third-order valence-corrected chi connectivity index (χ3v) is 9.70. The van der Waals surface area contributed by atoms with Crippen molar-refractivity contribution in [1.82, 2.24) is 14.8 Å². The summed E-state index contributed by atoms with van der Waals surface area (Å²) >= 11 is 6.54. The van der Waals surface area contributed by atoms with E-state index in [0.717, 1.165) is 19.4 Å². The smallest absolute Gasteiger partial charge is 0.388 e. The summed E-state index contributed by atoms with van der Waals surface area (Å²) < 4.78 is 60.6. The molecule has 0 amide bonds. The fourth-order valence-corrected chi connectivity index (χ4v) is 7.22. The van der Waals surface area contributed by atoms with E-state index in [1.165, 1.54) is 16.9 Å². The van der Waals surface area contributed by atoms with Crippen LogP contribution in [0.15, 0.2) is 29.3 Å². The van der Waals surface area contributed by atoms with Gasteiger partial charge < -0.3 is 29.2 Å². The van der Waals surface area contributed by atoms with Crippen LogP contribution in [-0.4, -0.2) is 79.4 Å². The number of rotatable bonds is 9. The van der Waals surface area contributed by atoms with Crippen LogP contribution in [0.25, 0.3) is 0 Å². The average Bonchev–Trinajstić information content (AvgIpc) is 3.67. The van der Waals surface area contributed by atoms with E-state index in [0.29, 0.717) is 87.4 Å². The maximum atomic E-state index is 13.3. The Morgan fingerprint density at radius 1 is 1.12 bits per heavy atom.